The highest BCUT2D eigenvalue weighted by Gasteiger charge is 2.22. The third-order valence-electron chi connectivity index (χ3n) is 4.18. The van der Waals surface area contributed by atoms with Crippen molar-refractivity contribution in [2.45, 2.75) is 45.7 Å². The molecular weight excluding hydrogens is 320 g/mol. The summed E-state index contributed by atoms with van der Waals surface area (Å²) in [6, 6.07) is 8.21. The molecule has 1 aliphatic heterocycles. The second-order valence-corrected chi connectivity index (χ2v) is 6.50. The smallest absolute Gasteiger partial charge is 0.242 e. The minimum absolute atomic E-state index is 0.115. The second-order valence-electron chi connectivity index (χ2n) is 6.50. The van der Waals surface area contributed by atoms with Gasteiger partial charge in [-0.2, -0.15) is 0 Å². The summed E-state index contributed by atoms with van der Waals surface area (Å²) in [6.07, 6.45) is 1.91. The van der Waals surface area contributed by atoms with Gasteiger partial charge in [-0.3, -0.25) is 9.69 Å². The van der Waals surface area contributed by atoms with Crippen LogP contribution in [0.4, 0.5) is 0 Å². The molecule has 1 amide bonds. The maximum atomic E-state index is 12.0. The summed E-state index contributed by atoms with van der Waals surface area (Å²) in [5, 5.41) is 13.7. The summed E-state index contributed by atoms with van der Waals surface area (Å²) < 4.78 is 7.20. The van der Waals surface area contributed by atoms with Crippen LogP contribution < -0.4 is 5.32 Å². The number of amides is 1. The predicted octanol–water partition coefficient (Wildman–Crippen LogP) is 0.599. The Kier molecular flexibility index (Phi) is 5.72. The van der Waals surface area contributed by atoms with Gasteiger partial charge in [-0.05, 0) is 35.4 Å². The minimum atomic E-state index is -0.115. The Hall–Kier alpha value is -2.32. The van der Waals surface area contributed by atoms with E-state index in [0.29, 0.717) is 6.54 Å². The quantitative estimate of drug-likeness (QED) is 0.826. The van der Waals surface area contributed by atoms with Crippen molar-refractivity contribution in [1.82, 2.24) is 30.4 Å². The zero-order valence-corrected chi connectivity index (χ0v) is 14.6. The standard InChI is InChI=1S/C17H24N6O2/c1-13-8-22(9-14(2)25-13)10-16-6-4-3-5-15(16)7-18-17(24)11-23-12-19-20-21-23/h3-6,12-14H,7-11H2,1-2H3,(H,18,24). The Balaban J connectivity index is 1.58. The first-order chi connectivity index (χ1) is 12.1. The van der Waals surface area contributed by atoms with Crippen LogP contribution in [0.3, 0.4) is 0 Å². The van der Waals surface area contributed by atoms with Crippen LogP contribution >= 0.6 is 0 Å². The van der Waals surface area contributed by atoms with Crippen LogP contribution in [0.1, 0.15) is 25.0 Å². The molecule has 1 aromatic carbocycles. The fourth-order valence-electron chi connectivity index (χ4n) is 3.19. The maximum Gasteiger partial charge on any atom is 0.242 e. The molecule has 0 bridgehead atoms. The third-order valence-corrected chi connectivity index (χ3v) is 4.18. The molecule has 3 rings (SSSR count). The Bertz CT molecular complexity index is 680. The van der Waals surface area contributed by atoms with Crippen LogP contribution in [0, 0.1) is 0 Å². The van der Waals surface area contributed by atoms with Crippen molar-refractivity contribution >= 4 is 5.91 Å². The lowest BCUT2D eigenvalue weighted by molar-refractivity contribution is -0.122. The van der Waals surface area contributed by atoms with Gasteiger partial charge in [0.25, 0.3) is 0 Å². The monoisotopic (exact) mass is 344 g/mol. The number of aromatic nitrogens is 4. The first kappa shape index (κ1) is 17.5. The largest absolute Gasteiger partial charge is 0.373 e. The van der Waals surface area contributed by atoms with Crippen molar-refractivity contribution in [3.8, 4) is 0 Å². The van der Waals surface area contributed by atoms with E-state index in [4.69, 9.17) is 4.74 Å². The molecule has 8 nitrogen and oxygen atoms in total. The molecule has 25 heavy (non-hydrogen) atoms. The SMILES string of the molecule is CC1CN(Cc2ccccc2CNC(=O)Cn2cnnn2)CC(C)O1. The minimum Gasteiger partial charge on any atom is -0.373 e. The highest BCUT2D eigenvalue weighted by molar-refractivity contribution is 5.75. The van der Waals surface area contributed by atoms with Crippen molar-refractivity contribution in [2.75, 3.05) is 13.1 Å². The van der Waals surface area contributed by atoms with E-state index >= 15 is 0 Å². The van der Waals surface area contributed by atoms with Crippen LogP contribution in [0.25, 0.3) is 0 Å². The molecule has 0 radical (unpaired) electrons. The van der Waals surface area contributed by atoms with Crippen LogP contribution in [0.5, 0.6) is 0 Å². The van der Waals surface area contributed by atoms with E-state index in [2.05, 4.69) is 51.7 Å². The fourth-order valence-corrected chi connectivity index (χ4v) is 3.19. The van der Waals surface area contributed by atoms with Crippen LogP contribution in [-0.4, -0.2) is 56.3 Å². The summed E-state index contributed by atoms with van der Waals surface area (Å²) >= 11 is 0. The van der Waals surface area contributed by atoms with E-state index in [9.17, 15) is 4.79 Å². The van der Waals surface area contributed by atoms with Gasteiger partial charge in [0.05, 0.1) is 12.2 Å². The highest BCUT2D eigenvalue weighted by Crippen LogP contribution is 2.17. The number of carbonyl (C=O) groups excluding carboxylic acids is 1. The number of tetrazole rings is 1. The molecule has 1 aromatic heterocycles. The normalized spacial score (nSPS) is 21.2. The number of rotatable bonds is 6. The molecule has 1 N–H and O–H groups in total. The zero-order valence-electron chi connectivity index (χ0n) is 14.6. The summed E-state index contributed by atoms with van der Waals surface area (Å²) in [4.78, 5) is 14.4. The van der Waals surface area contributed by atoms with Crippen LogP contribution in [-0.2, 0) is 29.2 Å². The first-order valence-electron chi connectivity index (χ1n) is 8.52. The van der Waals surface area contributed by atoms with Gasteiger partial charge in [0.1, 0.15) is 12.9 Å². The maximum absolute atomic E-state index is 12.0. The van der Waals surface area contributed by atoms with Gasteiger partial charge in [-0.15, -0.1) is 5.10 Å². The van der Waals surface area contributed by atoms with Gasteiger partial charge in [0, 0.05) is 26.2 Å². The van der Waals surface area contributed by atoms with Gasteiger partial charge in [-0.25, -0.2) is 4.68 Å². The molecule has 2 atom stereocenters. The van der Waals surface area contributed by atoms with Crippen molar-refractivity contribution in [2.24, 2.45) is 0 Å². The molecule has 1 fully saturated rings. The molecule has 0 spiro atoms. The Morgan fingerprint density at radius 2 is 1.96 bits per heavy atom. The number of hydrogen-bond donors (Lipinski definition) is 1. The van der Waals surface area contributed by atoms with Crippen molar-refractivity contribution in [3.05, 3.63) is 41.7 Å². The number of carbonyl (C=O) groups is 1. The third kappa shape index (κ3) is 5.07. The number of benzene rings is 1. The van der Waals surface area contributed by atoms with Crippen molar-refractivity contribution in [1.29, 1.82) is 0 Å². The van der Waals surface area contributed by atoms with E-state index < -0.39 is 0 Å². The molecule has 2 unspecified atom stereocenters. The number of hydrogen-bond acceptors (Lipinski definition) is 6. The van der Waals surface area contributed by atoms with Crippen molar-refractivity contribution < 1.29 is 9.53 Å². The zero-order chi connectivity index (χ0) is 17.6. The summed E-state index contributed by atoms with van der Waals surface area (Å²) in [6.45, 7) is 7.52. The molecule has 0 aliphatic carbocycles. The van der Waals surface area contributed by atoms with Gasteiger partial charge < -0.3 is 10.1 Å². The highest BCUT2D eigenvalue weighted by atomic mass is 16.5. The van der Waals surface area contributed by atoms with E-state index in [-0.39, 0.29) is 24.7 Å². The lowest BCUT2D eigenvalue weighted by atomic mass is 10.1. The van der Waals surface area contributed by atoms with Crippen molar-refractivity contribution in [3.63, 3.8) is 0 Å². The molecule has 134 valence electrons. The Morgan fingerprint density at radius 3 is 2.64 bits per heavy atom. The average molecular weight is 344 g/mol. The van der Waals surface area contributed by atoms with Gasteiger partial charge in [-0.1, -0.05) is 24.3 Å². The molecule has 0 saturated carbocycles. The summed E-state index contributed by atoms with van der Waals surface area (Å²) in [7, 11) is 0. The number of nitrogens with one attached hydrogen (secondary N) is 1. The molecule has 2 heterocycles. The van der Waals surface area contributed by atoms with Crippen LogP contribution in [0.15, 0.2) is 30.6 Å². The van der Waals surface area contributed by atoms with Gasteiger partial charge >= 0.3 is 0 Å². The lowest BCUT2D eigenvalue weighted by Gasteiger charge is -2.35. The van der Waals surface area contributed by atoms with Gasteiger partial charge in [0.15, 0.2) is 0 Å². The average Bonchev–Trinajstić information content (AvgIpc) is 3.06. The predicted molar refractivity (Wildman–Crippen MR) is 91.4 cm³/mol. The number of morpholine rings is 1. The number of nitrogens with zero attached hydrogens (tertiary/aromatic N) is 5. The summed E-state index contributed by atoms with van der Waals surface area (Å²) in [5.41, 5.74) is 2.35. The van der Waals surface area contributed by atoms with E-state index in [1.165, 1.54) is 16.6 Å². The Morgan fingerprint density at radius 1 is 1.24 bits per heavy atom. The number of ether oxygens (including phenoxy) is 1. The summed E-state index contributed by atoms with van der Waals surface area (Å²) in [5.74, 6) is -0.115. The van der Waals surface area contributed by atoms with E-state index in [1.54, 1.807) is 0 Å². The molecule has 8 heteroatoms. The molecule has 1 saturated heterocycles. The second kappa shape index (κ2) is 8.17. The Labute approximate surface area is 147 Å². The van der Waals surface area contributed by atoms with Gasteiger partial charge in [0.2, 0.25) is 5.91 Å². The molecular formula is C17H24N6O2. The van der Waals surface area contributed by atoms with Crippen LogP contribution in [0.2, 0.25) is 0 Å². The molecule has 1 aliphatic rings. The first-order valence-corrected chi connectivity index (χ1v) is 8.52. The van der Waals surface area contributed by atoms with E-state index in [0.717, 1.165) is 25.2 Å². The fraction of sp³-hybridized carbons (Fsp3) is 0.529. The van der Waals surface area contributed by atoms with E-state index in [1.807, 2.05) is 12.1 Å². The lowest BCUT2D eigenvalue weighted by Crippen LogP contribution is -2.45. The molecule has 2 aromatic rings. The topological polar surface area (TPSA) is 85.2 Å².